The maximum atomic E-state index is 13.4. The van der Waals surface area contributed by atoms with Gasteiger partial charge in [0, 0.05) is 51.5 Å². The molecule has 0 aliphatic carbocycles. The van der Waals surface area contributed by atoms with E-state index in [1.54, 1.807) is 0 Å². The van der Waals surface area contributed by atoms with Gasteiger partial charge in [0.15, 0.2) is 0 Å². The molecule has 0 bridgehead atoms. The summed E-state index contributed by atoms with van der Waals surface area (Å²) in [5.74, 6) is 0.427. The van der Waals surface area contributed by atoms with Crippen LogP contribution in [0.4, 0.5) is 0 Å². The molecule has 0 radical (unpaired) electrons. The Bertz CT molecular complexity index is 628. The van der Waals surface area contributed by atoms with Gasteiger partial charge in [0.2, 0.25) is 5.91 Å². The predicted octanol–water partition coefficient (Wildman–Crippen LogP) is 2.68. The molecule has 1 aromatic rings. The van der Waals surface area contributed by atoms with Crippen LogP contribution in [0, 0.1) is 5.92 Å². The van der Waals surface area contributed by atoms with Crippen LogP contribution in [0.5, 0.6) is 0 Å². The Balaban J connectivity index is 0.00000150. The van der Waals surface area contributed by atoms with E-state index in [0.29, 0.717) is 11.9 Å². The highest BCUT2D eigenvalue weighted by Gasteiger charge is 2.33. The van der Waals surface area contributed by atoms with Crippen molar-refractivity contribution in [2.45, 2.75) is 50.6 Å². The number of amides is 1. The zero-order valence-corrected chi connectivity index (χ0v) is 18.8. The van der Waals surface area contributed by atoms with Crippen molar-refractivity contribution in [2.24, 2.45) is 11.7 Å². The second kappa shape index (κ2) is 11.5. The van der Waals surface area contributed by atoms with Crippen molar-refractivity contribution in [3.05, 3.63) is 35.4 Å². The molecule has 0 unspecified atom stereocenters. The lowest BCUT2D eigenvalue weighted by Crippen LogP contribution is -2.48. The summed E-state index contributed by atoms with van der Waals surface area (Å²) in [6, 6.07) is 9.33. The standard InChI is InChI=1S/C22H33N3O2.2ClH/c23-20-6-5-19(15-25(16-20)21-9-13-27-14-10-21)22(26)24-11-7-17-3-1-2-4-18(17)8-12-24;;/h1-4,19-21H,5-16,23H2;2*1H/t19-,20+;;/m1../s1. The van der Waals surface area contributed by atoms with Crippen molar-refractivity contribution in [2.75, 3.05) is 39.4 Å². The summed E-state index contributed by atoms with van der Waals surface area (Å²) in [5.41, 5.74) is 9.16. The molecule has 2 saturated heterocycles. The highest BCUT2D eigenvalue weighted by Crippen LogP contribution is 2.25. The summed E-state index contributed by atoms with van der Waals surface area (Å²) in [4.78, 5) is 18.0. The van der Waals surface area contributed by atoms with E-state index in [1.165, 1.54) is 11.1 Å². The van der Waals surface area contributed by atoms with Gasteiger partial charge in [-0.3, -0.25) is 9.69 Å². The van der Waals surface area contributed by atoms with Gasteiger partial charge in [-0.1, -0.05) is 24.3 Å². The number of nitrogens with two attached hydrogens (primary N) is 1. The molecule has 5 nitrogen and oxygen atoms in total. The van der Waals surface area contributed by atoms with Gasteiger partial charge >= 0.3 is 0 Å². The third-order valence-electron chi connectivity index (χ3n) is 6.60. The molecule has 3 heterocycles. The number of benzene rings is 1. The first-order chi connectivity index (χ1) is 13.2. The van der Waals surface area contributed by atoms with E-state index in [4.69, 9.17) is 10.5 Å². The van der Waals surface area contributed by atoms with Gasteiger partial charge in [0.1, 0.15) is 0 Å². The molecule has 3 aliphatic heterocycles. The largest absolute Gasteiger partial charge is 0.381 e. The second-order valence-corrected chi connectivity index (χ2v) is 8.43. The minimum absolute atomic E-state index is 0. The number of carbonyl (C=O) groups is 1. The summed E-state index contributed by atoms with van der Waals surface area (Å²) >= 11 is 0. The summed E-state index contributed by atoms with van der Waals surface area (Å²) in [6.07, 6.45) is 5.93. The van der Waals surface area contributed by atoms with Crippen LogP contribution in [0.3, 0.4) is 0 Å². The maximum Gasteiger partial charge on any atom is 0.226 e. The van der Waals surface area contributed by atoms with E-state index >= 15 is 0 Å². The molecule has 3 aliphatic rings. The van der Waals surface area contributed by atoms with Gasteiger partial charge in [-0.25, -0.2) is 0 Å². The monoisotopic (exact) mass is 443 g/mol. The van der Waals surface area contributed by atoms with Crippen molar-refractivity contribution in [1.82, 2.24) is 9.80 Å². The van der Waals surface area contributed by atoms with E-state index in [9.17, 15) is 4.79 Å². The minimum Gasteiger partial charge on any atom is -0.381 e. The average molecular weight is 444 g/mol. The second-order valence-electron chi connectivity index (χ2n) is 8.43. The fourth-order valence-electron chi connectivity index (χ4n) is 4.95. The lowest BCUT2D eigenvalue weighted by Gasteiger charge is -2.36. The first kappa shape index (κ1) is 24.4. The predicted molar refractivity (Wildman–Crippen MR) is 121 cm³/mol. The summed E-state index contributed by atoms with van der Waals surface area (Å²) in [7, 11) is 0. The molecule has 2 N–H and O–H groups in total. The SMILES string of the molecule is Cl.Cl.N[C@H]1CC[C@@H](C(=O)N2CCc3ccccc3CC2)CN(C2CCOCC2)C1. The number of fused-ring (bicyclic) bond motifs is 1. The van der Waals surface area contributed by atoms with Crippen molar-refractivity contribution >= 4 is 30.7 Å². The Hall–Kier alpha value is -0.850. The topological polar surface area (TPSA) is 58.8 Å². The molecular formula is C22H35Cl2N3O2. The molecule has 2 fully saturated rings. The van der Waals surface area contributed by atoms with Crippen molar-refractivity contribution in [3.63, 3.8) is 0 Å². The Morgan fingerprint density at radius 1 is 0.931 bits per heavy atom. The van der Waals surface area contributed by atoms with Gasteiger partial charge < -0.3 is 15.4 Å². The number of carbonyl (C=O) groups excluding carboxylic acids is 1. The van der Waals surface area contributed by atoms with Gasteiger partial charge in [-0.2, -0.15) is 0 Å². The molecule has 4 rings (SSSR count). The van der Waals surface area contributed by atoms with Crippen LogP contribution < -0.4 is 5.73 Å². The molecule has 0 aromatic heterocycles. The van der Waals surface area contributed by atoms with Crippen LogP contribution in [0.1, 0.15) is 36.8 Å². The van der Waals surface area contributed by atoms with Crippen LogP contribution in [-0.4, -0.2) is 67.2 Å². The van der Waals surface area contributed by atoms with Crippen LogP contribution in [-0.2, 0) is 22.4 Å². The Morgan fingerprint density at radius 3 is 2.17 bits per heavy atom. The van der Waals surface area contributed by atoms with E-state index < -0.39 is 0 Å². The molecule has 1 aromatic carbocycles. The van der Waals surface area contributed by atoms with Crippen LogP contribution in [0.15, 0.2) is 24.3 Å². The molecule has 0 saturated carbocycles. The molecule has 0 spiro atoms. The molecule has 7 heteroatoms. The summed E-state index contributed by atoms with van der Waals surface area (Å²) in [6.45, 7) is 5.13. The molecular weight excluding hydrogens is 409 g/mol. The van der Waals surface area contributed by atoms with Crippen molar-refractivity contribution in [3.8, 4) is 0 Å². The molecule has 2 atom stereocenters. The van der Waals surface area contributed by atoms with E-state index in [0.717, 1.165) is 77.9 Å². The van der Waals surface area contributed by atoms with Crippen LogP contribution >= 0.6 is 24.8 Å². The number of hydrogen-bond donors (Lipinski definition) is 1. The lowest BCUT2D eigenvalue weighted by molar-refractivity contribution is -0.136. The van der Waals surface area contributed by atoms with E-state index in [-0.39, 0.29) is 36.8 Å². The quantitative estimate of drug-likeness (QED) is 0.762. The number of ether oxygens (including phenoxy) is 1. The third kappa shape index (κ3) is 6.08. The number of likely N-dealkylation sites (tertiary alicyclic amines) is 1. The number of rotatable bonds is 2. The molecule has 164 valence electrons. The average Bonchev–Trinajstić information content (AvgIpc) is 3.04. The molecule has 29 heavy (non-hydrogen) atoms. The van der Waals surface area contributed by atoms with Crippen LogP contribution in [0.25, 0.3) is 0 Å². The zero-order chi connectivity index (χ0) is 18.6. The fraction of sp³-hybridized carbons (Fsp3) is 0.682. The number of halogens is 2. The highest BCUT2D eigenvalue weighted by molar-refractivity contribution is 5.85. The normalized spacial score (nSPS) is 26.3. The maximum absolute atomic E-state index is 13.4. The van der Waals surface area contributed by atoms with Gasteiger partial charge in [0.05, 0.1) is 5.92 Å². The number of nitrogens with zero attached hydrogens (tertiary/aromatic N) is 2. The van der Waals surface area contributed by atoms with E-state index in [2.05, 4.69) is 34.1 Å². The first-order valence-electron chi connectivity index (χ1n) is 10.6. The summed E-state index contributed by atoms with van der Waals surface area (Å²) in [5, 5.41) is 0. The fourth-order valence-corrected chi connectivity index (χ4v) is 4.95. The Kier molecular flexibility index (Phi) is 9.70. The van der Waals surface area contributed by atoms with Gasteiger partial charge in [-0.05, 0) is 49.7 Å². The highest BCUT2D eigenvalue weighted by atomic mass is 35.5. The van der Waals surface area contributed by atoms with Crippen LogP contribution in [0.2, 0.25) is 0 Å². The summed E-state index contributed by atoms with van der Waals surface area (Å²) < 4.78 is 5.53. The van der Waals surface area contributed by atoms with Gasteiger partial charge in [0.25, 0.3) is 0 Å². The zero-order valence-electron chi connectivity index (χ0n) is 17.1. The first-order valence-corrected chi connectivity index (χ1v) is 10.6. The van der Waals surface area contributed by atoms with Crippen molar-refractivity contribution in [1.29, 1.82) is 0 Å². The van der Waals surface area contributed by atoms with E-state index in [1.807, 2.05) is 0 Å². The Morgan fingerprint density at radius 2 is 1.55 bits per heavy atom. The lowest BCUT2D eigenvalue weighted by atomic mass is 9.99. The smallest absolute Gasteiger partial charge is 0.226 e. The number of hydrogen-bond acceptors (Lipinski definition) is 4. The minimum atomic E-state index is 0. The molecule has 1 amide bonds. The van der Waals surface area contributed by atoms with Crippen molar-refractivity contribution < 1.29 is 9.53 Å². The third-order valence-corrected chi connectivity index (χ3v) is 6.60. The van der Waals surface area contributed by atoms with Gasteiger partial charge in [-0.15, -0.1) is 24.8 Å². The Labute approximate surface area is 187 Å².